The fourth-order valence-corrected chi connectivity index (χ4v) is 8.16. The van der Waals surface area contributed by atoms with Gasteiger partial charge in [0.1, 0.15) is 0 Å². The summed E-state index contributed by atoms with van der Waals surface area (Å²) in [6, 6.07) is 7.54. The van der Waals surface area contributed by atoms with E-state index in [1.165, 1.54) is 21.3 Å². The molecule has 6 nitrogen and oxygen atoms in total. The van der Waals surface area contributed by atoms with Crippen LogP contribution in [0.25, 0.3) is 0 Å². The molecule has 2 unspecified atom stereocenters. The van der Waals surface area contributed by atoms with Gasteiger partial charge in [-0.2, -0.15) is 0 Å². The van der Waals surface area contributed by atoms with E-state index in [1.54, 1.807) is 0 Å². The van der Waals surface area contributed by atoms with Crippen molar-refractivity contribution >= 4 is 65.9 Å². The van der Waals surface area contributed by atoms with E-state index in [-0.39, 0.29) is 26.7 Å². The van der Waals surface area contributed by atoms with Crippen molar-refractivity contribution in [2.75, 3.05) is 12.0 Å². The van der Waals surface area contributed by atoms with E-state index in [9.17, 15) is 19.5 Å². The molecule has 28 heavy (non-hydrogen) atoms. The van der Waals surface area contributed by atoms with Gasteiger partial charge in [-0.3, -0.25) is 0 Å². The summed E-state index contributed by atoms with van der Waals surface area (Å²) in [7, 11) is 3.42. The zero-order chi connectivity index (χ0) is 20.9. The number of rotatable bonds is 14. The maximum atomic E-state index is 11.9. The summed E-state index contributed by atoms with van der Waals surface area (Å²) in [5.41, 5.74) is 2.60. The van der Waals surface area contributed by atoms with Crippen molar-refractivity contribution in [1.29, 1.82) is 0 Å². The first-order chi connectivity index (χ1) is 13.3. The van der Waals surface area contributed by atoms with Gasteiger partial charge in [0.25, 0.3) is 0 Å². The Morgan fingerprint density at radius 3 is 2.36 bits per heavy atom. The third-order valence-corrected chi connectivity index (χ3v) is 11.0. The Bertz CT molecular complexity index is 663. The van der Waals surface area contributed by atoms with E-state index in [0.717, 1.165) is 10.6 Å². The molecule has 0 aliphatic rings. The van der Waals surface area contributed by atoms with Crippen molar-refractivity contribution in [2.24, 2.45) is 5.92 Å². The zero-order valence-electron chi connectivity index (χ0n) is 15.5. The first-order valence-corrected chi connectivity index (χ1v) is 17.1. The number of carbonyl (C=O) groups is 3. The van der Waals surface area contributed by atoms with Gasteiger partial charge in [-0.05, 0) is 0 Å². The Labute approximate surface area is 184 Å². The van der Waals surface area contributed by atoms with E-state index in [1.807, 2.05) is 10.2 Å². The molecule has 0 bridgehead atoms. The Kier molecular flexibility index (Phi) is 12.9. The summed E-state index contributed by atoms with van der Waals surface area (Å²) < 4.78 is 0. The van der Waals surface area contributed by atoms with E-state index in [4.69, 9.17) is 5.11 Å². The van der Waals surface area contributed by atoms with Crippen LogP contribution in [0.1, 0.15) is 24.0 Å². The van der Waals surface area contributed by atoms with Gasteiger partial charge in [0.15, 0.2) is 0 Å². The van der Waals surface area contributed by atoms with Crippen LogP contribution in [0.3, 0.4) is 0 Å². The number of carboxylic acid groups (broad SMARTS) is 2. The Morgan fingerprint density at radius 2 is 1.79 bits per heavy atom. The predicted molar refractivity (Wildman–Crippen MR) is 117 cm³/mol. The third-order valence-electron chi connectivity index (χ3n) is 3.58. The summed E-state index contributed by atoms with van der Waals surface area (Å²) in [5.74, 6) is -3.19. The molecule has 10 heteroatoms. The number of hydrogen-bond donors (Lipinski definition) is 3. The molecule has 0 heterocycles. The second-order valence-corrected chi connectivity index (χ2v) is 15.0. The number of nitrogens with one attached hydrogen (secondary N) is 1. The topological polar surface area (TPSA) is 104 Å². The van der Waals surface area contributed by atoms with Gasteiger partial charge >= 0.3 is 186 Å². The van der Waals surface area contributed by atoms with E-state index >= 15 is 0 Å². The fourth-order valence-electron chi connectivity index (χ4n) is 2.03. The molecule has 1 aromatic carbocycles. The molecule has 0 saturated heterocycles. The summed E-state index contributed by atoms with van der Waals surface area (Å²) in [6.07, 6.45) is 2.15. The molecule has 0 aromatic heterocycles. The van der Waals surface area contributed by atoms with E-state index in [2.05, 4.69) is 42.8 Å². The maximum absolute atomic E-state index is 11.9. The SMILES string of the molecule is [CH2+]C(CCC(=O)NC(CS[Se]Cc1cccc(C[Se]SC)c1)C(=O)O)C(=O)O. The van der Waals surface area contributed by atoms with Crippen LogP contribution in [-0.2, 0) is 25.0 Å². The van der Waals surface area contributed by atoms with Crippen molar-refractivity contribution in [1.82, 2.24) is 5.32 Å². The van der Waals surface area contributed by atoms with Crippen LogP contribution in [0.2, 0.25) is 0 Å². The molecule has 154 valence electrons. The summed E-state index contributed by atoms with van der Waals surface area (Å²) >= 11 is 0.729. The normalized spacial score (nSPS) is 12.9. The van der Waals surface area contributed by atoms with Crippen molar-refractivity contribution in [3.05, 3.63) is 42.3 Å². The predicted octanol–water partition coefficient (Wildman–Crippen LogP) is 1.91. The number of aliphatic carboxylic acids is 2. The van der Waals surface area contributed by atoms with Gasteiger partial charge < -0.3 is 0 Å². The number of carbonyl (C=O) groups excluding carboxylic acids is 1. The Balaban J connectivity index is 2.38. The van der Waals surface area contributed by atoms with E-state index in [0.29, 0.717) is 19.6 Å². The molecule has 0 saturated carbocycles. The fraction of sp³-hybridized carbons (Fsp3) is 0.444. The molecule has 0 fully saturated rings. The number of carboxylic acids is 2. The van der Waals surface area contributed by atoms with Crippen LogP contribution in [0.5, 0.6) is 0 Å². The van der Waals surface area contributed by atoms with Gasteiger partial charge in [0.05, 0.1) is 0 Å². The number of hydrogen-bond acceptors (Lipinski definition) is 5. The van der Waals surface area contributed by atoms with Gasteiger partial charge in [-0.25, -0.2) is 0 Å². The van der Waals surface area contributed by atoms with Gasteiger partial charge in [-0.1, -0.05) is 0 Å². The number of benzene rings is 1. The monoisotopic (exact) mass is 558 g/mol. The first kappa shape index (κ1) is 25.3. The standard InChI is InChI=1S/C18H23NO5S2Se2/c1-12(17(21)22)6-7-16(20)19-15(18(23)24)9-26-28-11-14-5-3-4-13(8-14)10-27-25-2/h3-5,8,12,15H,1,6-7,9-11H2,2H3,(H2-,19,20,21,22,23,24)/p+1. The molecular formula is C18H24NO5S2Se2+. The summed E-state index contributed by atoms with van der Waals surface area (Å²) in [6.45, 7) is 3.44. The average molecular weight is 556 g/mol. The van der Waals surface area contributed by atoms with Gasteiger partial charge in [0.2, 0.25) is 0 Å². The summed E-state index contributed by atoms with van der Waals surface area (Å²) in [5, 5.41) is 22.5. The van der Waals surface area contributed by atoms with E-state index < -0.39 is 29.8 Å². The second kappa shape index (κ2) is 14.3. The second-order valence-electron chi connectivity index (χ2n) is 5.83. The van der Waals surface area contributed by atoms with Crippen LogP contribution < -0.4 is 5.32 Å². The number of amides is 1. The quantitative estimate of drug-likeness (QED) is 0.183. The zero-order valence-corrected chi connectivity index (χ0v) is 20.5. The molecule has 0 spiro atoms. The van der Waals surface area contributed by atoms with Crippen LogP contribution in [0.15, 0.2) is 24.3 Å². The molecule has 1 amide bonds. The first-order valence-electron chi connectivity index (χ1n) is 8.39. The minimum absolute atomic E-state index is 0.0512. The molecule has 1 rings (SSSR count). The molecule has 1 aromatic rings. The van der Waals surface area contributed by atoms with Gasteiger partial charge in [0, 0.05) is 0 Å². The van der Waals surface area contributed by atoms with Crippen LogP contribution in [0.4, 0.5) is 0 Å². The minimum atomic E-state index is -1.08. The van der Waals surface area contributed by atoms with Crippen LogP contribution in [-0.4, -0.2) is 73.8 Å². The molecule has 0 aliphatic carbocycles. The molecule has 0 aliphatic heterocycles. The Hall–Kier alpha value is -0.761. The molecule has 2 atom stereocenters. The molecular weight excluding hydrogens is 532 g/mol. The molecule has 3 N–H and O–H groups in total. The van der Waals surface area contributed by atoms with Crippen LogP contribution >= 0.6 is 20.4 Å². The van der Waals surface area contributed by atoms with Crippen molar-refractivity contribution < 1.29 is 24.6 Å². The molecule has 0 radical (unpaired) electrons. The van der Waals surface area contributed by atoms with Crippen molar-refractivity contribution in [3.8, 4) is 0 Å². The van der Waals surface area contributed by atoms with Crippen molar-refractivity contribution in [2.45, 2.75) is 29.5 Å². The van der Waals surface area contributed by atoms with Crippen molar-refractivity contribution in [3.63, 3.8) is 0 Å². The average Bonchev–Trinajstić information content (AvgIpc) is 2.66. The third kappa shape index (κ3) is 10.7. The summed E-state index contributed by atoms with van der Waals surface area (Å²) in [4.78, 5) is 33.9. The Morgan fingerprint density at radius 1 is 1.14 bits per heavy atom. The van der Waals surface area contributed by atoms with Crippen LogP contribution in [0, 0.1) is 12.8 Å². The van der Waals surface area contributed by atoms with Gasteiger partial charge in [-0.15, -0.1) is 0 Å².